The summed E-state index contributed by atoms with van der Waals surface area (Å²) in [4.78, 5) is 10.2. The summed E-state index contributed by atoms with van der Waals surface area (Å²) < 4.78 is 0. The molecule has 7 nitrogen and oxygen atoms in total. The molecule has 10 heavy (non-hydrogen) atoms. The van der Waals surface area contributed by atoms with Crippen molar-refractivity contribution < 1.29 is 4.79 Å². The van der Waals surface area contributed by atoms with E-state index in [1.54, 1.807) is 5.43 Å². The second-order valence-electron chi connectivity index (χ2n) is 1.28. The molecule has 2 amide bonds. The average molecular weight is 142 g/mol. The number of carbonyl (C=O) groups excluding carboxylic acids is 1. The summed E-state index contributed by atoms with van der Waals surface area (Å²) in [6.07, 6.45) is 1.38. The van der Waals surface area contributed by atoms with E-state index in [4.69, 9.17) is 16.4 Å². The fourth-order valence-corrected chi connectivity index (χ4v) is 0.284. The highest BCUT2D eigenvalue weighted by Crippen LogP contribution is 1.75. The minimum atomic E-state index is -1.01. The molecule has 0 saturated carbocycles. The molecule has 0 aliphatic carbocycles. The van der Waals surface area contributed by atoms with Crippen LogP contribution in [0.4, 0.5) is 4.79 Å². The van der Waals surface area contributed by atoms with E-state index in [1.165, 1.54) is 6.19 Å². The molecule has 6 N–H and O–H groups in total. The number of hydrogen-bond donors (Lipinski definition) is 4. The Labute approximate surface area is 56.7 Å². The Bertz CT molecular complexity index is 178. The van der Waals surface area contributed by atoms with Crippen LogP contribution in [0.3, 0.4) is 0 Å². The standard InChI is InChI=1S/C3H6N6O/c4-1-8-9(2(5)6)3(7)10/h8H,(H3,5,6)(H2,7,10). The lowest BCUT2D eigenvalue weighted by molar-refractivity contribution is 0.222. The van der Waals surface area contributed by atoms with Crippen LogP contribution in [0.2, 0.25) is 0 Å². The van der Waals surface area contributed by atoms with Crippen LogP contribution in [-0.2, 0) is 0 Å². The van der Waals surface area contributed by atoms with Crippen molar-refractivity contribution in [2.45, 2.75) is 0 Å². The lowest BCUT2D eigenvalue weighted by Gasteiger charge is -2.13. The van der Waals surface area contributed by atoms with E-state index < -0.39 is 12.0 Å². The number of guanidine groups is 1. The average Bonchev–Trinajstić information content (AvgIpc) is 1.81. The van der Waals surface area contributed by atoms with Gasteiger partial charge in [0.25, 0.3) is 0 Å². The van der Waals surface area contributed by atoms with E-state index in [0.29, 0.717) is 5.01 Å². The Hall–Kier alpha value is -1.97. The molecule has 7 heteroatoms. The molecular weight excluding hydrogens is 136 g/mol. The third-order valence-electron chi connectivity index (χ3n) is 0.623. The summed E-state index contributed by atoms with van der Waals surface area (Å²) in [5, 5.41) is 15.0. The summed E-state index contributed by atoms with van der Waals surface area (Å²) in [7, 11) is 0. The molecule has 0 aromatic heterocycles. The predicted molar refractivity (Wildman–Crippen MR) is 32.1 cm³/mol. The maximum atomic E-state index is 10.2. The molecule has 0 unspecified atom stereocenters. The zero-order valence-corrected chi connectivity index (χ0v) is 4.96. The number of nitrogens with two attached hydrogens (primary N) is 2. The predicted octanol–water partition coefficient (Wildman–Crippen LogP) is -1.75. The normalized spacial score (nSPS) is 7.50. The van der Waals surface area contributed by atoms with Gasteiger partial charge in [-0.05, 0) is 0 Å². The number of nitriles is 1. The van der Waals surface area contributed by atoms with Crippen molar-refractivity contribution in [3.05, 3.63) is 0 Å². The van der Waals surface area contributed by atoms with Crippen LogP contribution >= 0.6 is 0 Å². The summed E-state index contributed by atoms with van der Waals surface area (Å²) in [5.41, 5.74) is 11.3. The minimum absolute atomic E-state index is 0.403. The van der Waals surface area contributed by atoms with Crippen LogP contribution < -0.4 is 16.9 Å². The molecule has 0 atom stereocenters. The van der Waals surface area contributed by atoms with Crippen molar-refractivity contribution in [2.75, 3.05) is 0 Å². The van der Waals surface area contributed by atoms with Crippen LogP contribution in [0.1, 0.15) is 0 Å². The van der Waals surface area contributed by atoms with Gasteiger partial charge in [0, 0.05) is 0 Å². The Kier molecular flexibility index (Phi) is 2.52. The zero-order valence-electron chi connectivity index (χ0n) is 4.96. The van der Waals surface area contributed by atoms with Crippen molar-refractivity contribution in [2.24, 2.45) is 11.5 Å². The van der Waals surface area contributed by atoms with E-state index >= 15 is 0 Å². The number of amides is 2. The highest BCUT2D eigenvalue weighted by Gasteiger charge is 2.10. The van der Waals surface area contributed by atoms with E-state index in [2.05, 4.69) is 5.73 Å². The number of rotatable bonds is 1. The molecular formula is C3H6N6O. The van der Waals surface area contributed by atoms with Gasteiger partial charge in [-0.3, -0.25) is 5.41 Å². The number of carbonyl (C=O) groups is 1. The largest absolute Gasteiger partial charge is 0.368 e. The lowest BCUT2D eigenvalue weighted by atomic mass is 10.8. The molecule has 0 rings (SSSR count). The number of primary amides is 1. The first kappa shape index (κ1) is 8.03. The Balaban J connectivity index is 4.15. The molecule has 0 aliphatic heterocycles. The monoisotopic (exact) mass is 142 g/mol. The van der Waals surface area contributed by atoms with Gasteiger partial charge in [-0.2, -0.15) is 10.3 Å². The van der Waals surface area contributed by atoms with E-state index in [9.17, 15) is 4.79 Å². The molecule has 0 aromatic rings. The van der Waals surface area contributed by atoms with Gasteiger partial charge in [-0.25, -0.2) is 10.2 Å². The molecule has 0 spiro atoms. The third-order valence-corrected chi connectivity index (χ3v) is 0.623. The molecule has 0 aromatic carbocycles. The molecule has 0 aliphatic rings. The first-order valence-corrected chi connectivity index (χ1v) is 2.18. The van der Waals surface area contributed by atoms with Gasteiger partial charge in [-0.1, -0.05) is 0 Å². The van der Waals surface area contributed by atoms with Crippen LogP contribution in [0.15, 0.2) is 0 Å². The van der Waals surface area contributed by atoms with Crippen LogP contribution in [0.5, 0.6) is 0 Å². The first-order chi connectivity index (χ1) is 4.59. The van der Waals surface area contributed by atoms with Gasteiger partial charge in [0.1, 0.15) is 0 Å². The smallest absolute Gasteiger partial charge is 0.341 e. The fourth-order valence-electron chi connectivity index (χ4n) is 0.284. The maximum absolute atomic E-state index is 10.2. The molecule has 54 valence electrons. The van der Waals surface area contributed by atoms with Crippen molar-refractivity contribution in [1.82, 2.24) is 10.4 Å². The molecule has 0 saturated heterocycles. The van der Waals surface area contributed by atoms with Crippen molar-refractivity contribution in [1.29, 1.82) is 10.7 Å². The maximum Gasteiger partial charge on any atom is 0.341 e. The summed E-state index contributed by atoms with van der Waals surface area (Å²) >= 11 is 0. The number of urea groups is 1. The van der Waals surface area contributed by atoms with E-state index in [-0.39, 0.29) is 0 Å². The van der Waals surface area contributed by atoms with Crippen LogP contribution in [0.25, 0.3) is 0 Å². The Morgan fingerprint density at radius 1 is 1.70 bits per heavy atom. The lowest BCUT2D eigenvalue weighted by Crippen LogP contribution is -2.50. The quantitative estimate of drug-likeness (QED) is 0.113. The Morgan fingerprint density at radius 3 is 2.30 bits per heavy atom. The van der Waals surface area contributed by atoms with Crippen molar-refractivity contribution >= 4 is 12.0 Å². The molecule has 0 fully saturated rings. The number of hydrazine groups is 1. The van der Waals surface area contributed by atoms with Crippen LogP contribution in [0, 0.1) is 16.9 Å². The summed E-state index contributed by atoms with van der Waals surface area (Å²) in [6, 6.07) is -1.01. The van der Waals surface area contributed by atoms with Gasteiger partial charge in [0.15, 0.2) is 6.19 Å². The van der Waals surface area contributed by atoms with Gasteiger partial charge < -0.3 is 11.5 Å². The highest BCUT2D eigenvalue weighted by atomic mass is 16.2. The van der Waals surface area contributed by atoms with Crippen molar-refractivity contribution in [3.63, 3.8) is 0 Å². The van der Waals surface area contributed by atoms with Gasteiger partial charge in [0.2, 0.25) is 5.96 Å². The van der Waals surface area contributed by atoms with Crippen LogP contribution in [-0.4, -0.2) is 17.0 Å². The molecule has 0 radical (unpaired) electrons. The molecule has 0 bridgehead atoms. The number of nitrogens with one attached hydrogen (secondary N) is 2. The zero-order chi connectivity index (χ0) is 8.15. The van der Waals surface area contributed by atoms with Gasteiger partial charge in [0.05, 0.1) is 0 Å². The number of nitrogens with zero attached hydrogens (tertiary/aromatic N) is 2. The highest BCUT2D eigenvalue weighted by molar-refractivity contribution is 5.92. The summed E-state index contributed by atoms with van der Waals surface area (Å²) in [6.45, 7) is 0. The fraction of sp³-hybridized carbons (Fsp3) is 0. The summed E-state index contributed by atoms with van der Waals surface area (Å²) in [5.74, 6) is -0.631. The SMILES string of the molecule is N#CNN(C(=N)N)C(N)=O. The number of hydrogen-bond acceptors (Lipinski definition) is 4. The third kappa shape index (κ3) is 1.87. The van der Waals surface area contributed by atoms with E-state index in [0.717, 1.165) is 0 Å². The second-order valence-corrected chi connectivity index (χ2v) is 1.28. The topological polar surface area (TPSA) is 132 Å². The Morgan fingerprint density at radius 2 is 2.20 bits per heavy atom. The minimum Gasteiger partial charge on any atom is -0.368 e. The van der Waals surface area contributed by atoms with Crippen molar-refractivity contribution in [3.8, 4) is 6.19 Å². The van der Waals surface area contributed by atoms with Gasteiger partial charge >= 0.3 is 6.03 Å². The van der Waals surface area contributed by atoms with E-state index in [1.807, 2.05) is 0 Å². The molecule has 0 heterocycles. The van der Waals surface area contributed by atoms with Gasteiger partial charge in [-0.15, -0.1) is 0 Å². The second kappa shape index (κ2) is 3.13. The first-order valence-electron chi connectivity index (χ1n) is 2.18.